The van der Waals surface area contributed by atoms with E-state index >= 15 is 0 Å². The van der Waals surface area contributed by atoms with Gasteiger partial charge in [0.15, 0.2) is 0 Å². The lowest BCUT2D eigenvalue weighted by molar-refractivity contribution is 0.403. The first-order valence-corrected chi connectivity index (χ1v) is 5.29. The van der Waals surface area contributed by atoms with Crippen molar-refractivity contribution in [2.75, 3.05) is 0 Å². The molecule has 1 aliphatic carbocycles. The summed E-state index contributed by atoms with van der Waals surface area (Å²) in [6.07, 6.45) is 8.64. The van der Waals surface area contributed by atoms with Crippen molar-refractivity contribution in [1.29, 1.82) is 0 Å². The number of nitrogens with one attached hydrogen (secondary N) is 3. The molecule has 0 aromatic heterocycles. The minimum absolute atomic E-state index is 0.670. The SMILES string of the molecule is S=C1NNNC=C1C1CCCCC1. The van der Waals surface area contributed by atoms with E-state index in [1.807, 2.05) is 6.20 Å². The van der Waals surface area contributed by atoms with Crippen molar-refractivity contribution >= 4 is 17.2 Å². The van der Waals surface area contributed by atoms with E-state index in [1.54, 1.807) is 0 Å². The molecule has 0 saturated heterocycles. The molecular formula is C9H15N3S. The maximum atomic E-state index is 5.23. The van der Waals surface area contributed by atoms with Crippen LogP contribution >= 0.6 is 12.2 Å². The molecule has 2 rings (SSSR count). The van der Waals surface area contributed by atoms with Crippen LogP contribution in [0.15, 0.2) is 11.8 Å². The largest absolute Gasteiger partial charge is 0.311 e. The molecule has 1 fully saturated rings. The van der Waals surface area contributed by atoms with Crippen LogP contribution in [0.25, 0.3) is 0 Å². The van der Waals surface area contributed by atoms with Gasteiger partial charge in [0.2, 0.25) is 0 Å². The van der Waals surface area contributed by atoms with Crippen molar-refractivity contribution in [3.8, 4) is 0 Å². The summed E-state index contributed by atoms with van der Waals surface area (Å²) >= 11 is 5.23. The van der Waals surface area contributed by atoms with Gasteiger partial charge in [-0.05, 0) is 18.8 Å². The molecule has 0 amide bonds. The third-order valence-electron chi connectivity index (χ3n) is 2.78. The Balaban J connectivity index is 2.04. The molecule has 0 radical (unpaired) electrons. The smallest absolute Gasteiger partial charge is 0.119 e. The zero-order valence-electron chi connectivity index (χ0n) is 7.60. The molecule has 3 N–H and O–H groups in total. The van der Waals surface area contributed by atoms with Crippen LogP contribution in [0.1, 0.15) is 32.1 Å². The number of hydrogen-bond donors (Lipinski definition) is 3. The summed E-state index contributed by atoms with van der Waals surface area (Å²) in [5.74, 6) is 0.670. The van der Waals surface area contributed by atoms with Crippen molar-refractivity contribution < 1.29 is 0 Å². The van der Waals surface area contributed by atoms with Crippen LogP contribution in [-0.4, -0.2) is 4.99 Å². The van der Waals surface area contributed by atoms with Gasteiger partial charge >= 0.3 is 0 Å². The van der Waals surface area contributed by atoms with E-state index in [-0.39, 0.29) is 0 Å². The number of hydrogen-bond acceptors (Lipinski definition) is 3. The van der Waals surface area contributed by atoms with Crippen molar-refractivity contribution in [3.63, 3.8) is 0 Å². The Kier molecular flexibility index (Phi) is 2.80. The summed E-state index contributed by atoms with van der Waals surface area (Å²) in [4.78, 5) is 0.852. The average Bonchev–Trinajstić information content (AvgIpc) is 2.20. The van der Waals surface area contributed by atoms with Gasteiger partial charge in [0.05, 0.1) is 0 Å². The summed E-state index contributed by atoms with van der Waals surface area (Å²) < 4.78 is 0. The summed E-state index contributed by atoms with van der Waals surface area (Å²) in [6.45, 7) is 0. The van der Waals surface area contributed by atoms with Crippen molar-refractivity contribution in [3.05, 3.63) is 11.8 Å². The average molecular weight is 197 g/mol. The maximum Gasteiger partial charge on any atom is 0.119 e. The fourth-order valence-electron chi connectivity index (χ4n) is 2.06. The highest BCUT2D eigenvalue weighted by atomic mass is 32.1. The second-order valence-corrected chi connectivity index (χ2v) is 4.07. The molecule has 0 aromatic rings. The van der Waals surface area contributed by atoms with Gasteiger partial charge < -0.3 is 5.43 Å². The van der Waals surface area contributed by atoms with Gasteiger partial charge in [-0.15, -0.1) is 5.53 Å². The zero-order valence-corrected chi connectivity index (χ0v) is 8.41. The fourth-order valence-corrected chi connectivity index (χ4v) is 2.34. The van der Waals surface area contributed by atoms with Gasteiger partial charge in [-0.1, -0.05) is 31.5 Å². The summed E-state index contributed by atoms with van der Waals surface area (Å²) in [5, 5.41) is 0. The molecule has 0 spiro atoms. The van der Waals surface area contributed by atoms with Crippen LogP contribution in [0.3, 0.4) is 0 Å². The quantitative estimate of drug-likeness (QED) is 0.555. The Morgan fingerprint density at radius 2 is 2.00 bits per heavy atom. The van der Waals surface area contributed by atoms with E-state index in [0.717, 1.165) is 4.99 Å². The highest BCUT2D eigenvalue weighted by molar-refractivity contribution is 7.80. The predicted molar refractivity (Wildman–Crippen MR) is 56.7 cm³/mol. The number of rotatable bonds is 1. The molecular weight excluding hydrogens is 182 g/mol. The maximum absolute atomic E-state index is 5.23. The third-order valence-corrected chi connectivity index (χ3v) is 3.12. The Bertz CT molecular complexity index is 231. The van der Waals surface area contributed by atoms with Crippen LogP contribution in [-0.2, 0) is 0 Å². The van der Waals surface area contributed by atoms with E-state index in [2.05, 4.69) is 16.4 Å². The lowest BCUT2D eigenvalue weighted by Crippen LogP contribution is -2.49. The van der Waals surface area contributed by atoms with Crippen molar-refractivity contribution in [2.45, 2.75) is 32.1 Å². The first kappa shape index (κ1) is 8.97. The molecule has 1 heterocycles. The zero-order chi connectivity index (χ0) is 9.10. The molecule has 0 bridgehead atoms. The minimum atomic E-state index is 0.670. The van der Waals surface area contributed by atoms with Crippen molar-refractivity contribution in [2.24, 2.45) is 5.92 Å². The first-order valence-electron chi connectivity index (χ1n) is 4.89. The standard InChI is InChI=1S/C9H15N3S/c13-9-8(6-10-12-11-9)7-4-2-1-3-5-7/h6-7,10,12H,1-5H2,(H,11,13). The van der Waals surface area contributed by atoms with Crippen molar-refractivity contribution in [1.82, 2.24) is 16.4 Å². The second-order valence-electron chi connectivity index (χ2n) is 3.66. The highest BCUT2D eigenvalue weighted by Gasteiger charge is 2.21. The van der Waals surface area contributed by atoms with Crippen LogP contribution in [0.2, 0.25) is 0 Å². The first-order chi connectivity index (χ1) is 6.38. The minimum Gasteiger partial charge on any atom is -0.311 e. The molecule has 0 aromatic carbocycles. The number of hydrazine groups is 2. The van der Waals surface area contributed by atoms with Gasteiger partial charge in [-0.25, -0.2) is 0 Å². The van der Waals surface area contributed by atoms with Gasteiger partial charge in [-0.3, -0.25) is 5.43 Å². The second kappa shape index (κ2) is 4.07. The van der Waals surface area contributed by atoms with Gasteiger partial charge in [-0.2, -0.15) is 0 Å². The van der Waals surface area contributed by atoms with Crippen LogP contribution in [0.4, 0.5) is 0 Å². The molecule has 72 valence electrons. The van der Waals surface area contributed by atoms with E-state index in [9.17, 15) is 0 Å². The molecule has 2 aliphatic rings. The molecule has 1 aliphatic heterocycles. The molecule has 4 heteroatoms. The highest BCUT2D eigenvalue weighted by Crippen LogP contribution is 2.30. The van der Waals surface area contributed by atoms with Gasteiger partial charge in [0.1, 0.15) is 4.99 Å². The Morgan fingerprint density at radius 3 is 2.69 bits per heavy atom. The Morgan fingerprint density at radius 1 is 1.23 bits per heavy atom. The molecule has 0 atom stereocenters. The van der Waals surface area contributed by atoms with E-state index in [0.29, 0.717) is 5.92 Å². The fraction of sp³-hybridized carbons (Fsp3) is 0.667. The summed E-state index contributed by atoms with van der Waals surface area (Å²) in [7, 11) is 0. The molecule has 3 nitrogen and oxygen atoms in total. The Hall–Kier alpha value is -0.610. The van der Waals surface area contributed by atoms with Crippen LogP contribution < -0.4 is 16.4 Å². The van der Waals surface area contributed by atoms with Gasteiger partial charge in [0, 0.05) is 11.8 Å². The summed E-state index contributed by atoms with van der Waals surface area (Å²) in [6, 6.07) is 0. The molecule has 13 heavy (non-hydrogen) atoms. The summed E-state index contributed by atoms with van der Waals surface area (Å²) in [5.41, 5.74) is 9.94. The lowest BCUT2D eigenvalue weighted by atomic mass is 9.84. The number of thiocarbonyl (C=S) groups is 1. The lowest BCUT2D eigenvalue weighted by Gasteiger charge is -2.28. The molecule has 0 unspecified atom stereocenters. The van der Waals surface area contributed by atoms with Crippen LogP contribution in [0.5, 0.6) is 0 Å². The molecule has 1 saturated carbocycles. The Labute approximate surface area is 83.9 Å². The van der Waals surface area contributed by atoms with E-state index in [1.165, 1.54) is 37.7 Å². The predicted octanol–water partition coefficient (Wildman–Crippen LogP) is 1.39. The van der Waals surface area contributed by atoms with E-state index < -0.39 is 0 Å². The monoisotopic (exact) mass is 197 g/mol. The third kappa shape index (κ3) is 2.00. The van der Waals surface area contributed by atoms with Crippen LogP contribution in [0, 0.1) is 5.92 Å². The van der Waals surface area contributed by atoms with E-state index in [4.69, 9.17) is 12.2 Å². The topological polar surface area (TPSA) is 36.1 Å². The normalized spacial score (nSPS) is 24.6. The van der Waals surface area contributed by atoms with Gasteiger partial charge in [0.25, 0.3) is 0 Å².